The third-order valence-corrected chi connectivity index (χ3v) is 5.21. The lowest BCUT2D eigenvalue weighted by Crippen LogP contribution is -1.99. The highest BCUT2D eigenvalue weighted by Crippen LogP contribution is 2.29. The smallest absolute Gasteiger partial charge is 0.181 e. The third kappa shape index (κ3) is 3.54. The van der Waals surface area contributed by atoms with E-state index in [-0.39, 0.29) is 6.61 Å². The van der Waals surface area contributed by atoms with E-state index in [4.69, 9.17) is 4.42 Å². The number of aliphatic hydroxyl groups excluding tert-OH is 1. The van der Waals surface area contributed by atoms with Gasteiger partial charge in [0.2, 0.25) is 0 Å². The van der Waals surface area contributed by atoms with E-state index < -0.39 is 0 Å². The van der Waals surface area contributed by atoms with E-state index >= 15 is 0 Å². The van der Waals surface area contributed by atoms with E-state index in [1.54, 1.807) is 17.5 Å². The fourth-order valence-corrected chi connectivity index (χ4v) is 3.77. The average molecular weight is 362 g/mol. The highest BCUT2D eigenvalue weighted by molar-refractivity contribution is 7.13. The summed E-state index contributed by atoms with van der Waals surface area (Å²) in [6.07, 6.45) is 3.04. The molecule has 0 fully saturated rings. The SMILES string of the molecule is OCc1cc(NCc2csc(-c3ccccc3)c2)ccc1-c1cnco1. The zero-order valence-corrected chi connectivity index (χ0v) is 14.9. The van der Waals surface area contributed by atoms with Crippen molar-refractivity contribution in [2.45, 2.75) is 13.2 Å². The molecule has 130 valence electrons. The van der Waals surface area contributed by atoms with Gasteiger partial charge in [0.15, 0.2) is 12.2 Å². The van der Waals surface area contributed by atoms with Crippen LogP contribution in [0, 0.1) is 0 Å². The summed E-state index contributed by atoms with van der Waals surface area (Å²) >= 11 is 1.75. The molecule has 5 heteroatoms. The number of benzene rings is 2. The fourth-order valence-electron chi connectivity index (χ4n) is 2.85. The van der Waals surface area contributed by atoms with E-state index in [9.17, 15) is 5.11 Å². The predicted octanol–water partition coefficient (Wildman–Crippen LogP) is 5.17. The number of hydrogen-bond acceptors (Lipinski definition) is 5. The normalized spacial score (nSPS) is 10.8. The van der Waals surface area contributed by atoms with Crippen molar-refractivity contribution in [3.8, 4) is 21.8 Å². The van der Waals surface area contributed by atoms with Crippen molar-refractivity contribution in [1.29, 1.82) is 0 Å². The number of anilines is 1. The van der Waals surface area contributed by atoms with Crippen LogP contribution in [-0.2, 0) is 13.2 Å². The van der Waals surface area contributed by atoms with Crippen molar-refractivity contribution in [1.82, 2.24) is 4.98 Å². The van der Waals surface area contributed by atoms with Gasteiger partial charge in [0.25, 0.3) is 0 Å². The predicted molar refractivity (Wildman–Crippen MR) is 105 cm³/mol. The second-order valence-electron chi connectivity index (χ2n) is 5.93. The molecular weight excluding hydrogens is 344 g/mol. The summed E-state index contributed by atoms with van der Waals surface area (Å²) in [7, 11) is 0. The monoisotopic (exact) mass is 362 g/mol. The molecule has 0 aliphatic rings. The van der Waals surface area contributed by atoms with Crippen LogP contribution in [0.25, 0.3) is 21.8 Å². The van der Waals surface area contributed by atoms with E-state index in [0.29, 0.717) is 5.76 Å². The summed E-state index contributed by atoms with van der Waals surface area (Å²) < 4.78 is 5.33. The molecule has 0 spiro atoms. The Bertz CT molecular complexity index is 978. The van der Waals surface area contributed by atoms with Crippen LogP contribution in [0.4, 0.5) is 5.69 Å². The molecular formula is C21H18N2O2S. The molecule has 4 aromatic rings. The van der Waals surface area contributed by atoms with Crippen LogP contribution in [0.3, 0.4) is 0 Å². The van der Waals surface area contributed by atoms with Crippen molar-refractivity contribution in [2.24, 2.45) is 0 Å². The summed E-state index contributed by atoms with van der Waals surface area (Å²) in [6.45, 7) is 0.679. The Morgan fingerprint density at radius 3 is 2.73 bits per heavy atom. The first-order chi connectivity index (χ1) is 12.8. The number of rotatable bonds is 6. The van der Waals surface area contributed by atoms with Crippen LogP contribution >= 0.6 is 11.3 Å². The largest absolute Gasteiger partial charge is 0.444 e. The molecule has 0 aliphatic heterocycles. The summed E-state index contributed by atoms with van der Waals surface area (Å²) in [5, 5.41) is 15.3. The Morgan fingerprint density at radius 2 is 1.96 bits per heavy atom. The number of aromatic nitrogens is 1. The van der Waals surface area contributed by atoms with Gasteiger partial charge < -0.3 is 14.8 Å². The number of oxazole rings is 1. The van der Waals surface area contributed by atoms with Crippen LogP contribution in [0.5, 0.6) is 0 Å². The highest BCUT2D eigenvalue weighted by atomic mass is 32.1. The molecule has 4 rings (SSSR count). The zero-order chi connectivity index (χ0) is 17.8. The Hall–Kier alpha value is -2.89. The van der Waals surface area contributed by atoms with E-state index in [1.807, 2.05) is 24.3 Å². The van der Waals surface area contributed by atoms with Gasteiger partial charge in [0.05, 0.1) is 12.8 Å². The highest BCUT2D eigenvalue weighted by Gasteiger charge is 2.09. The molecule has 2 N–H and O–H groups in total. The molecule has 2 heterocycles. The number of nitrogens with one attached hydrogen (secondary N) is 1. The van der Waals surface area contributed by atoms with Gasteiger partial charge >= 0.3 is 0 Å². The number of thiophene rings is 1. The van der Waals surface area contributed by atoms with E-state index in [0.717, 1.165) is 23.4 Å². The van der Waals surface area contributed by atoms with Crippen molar-refractivity contribution in [3.05, 3.63) is 83.7 Å². The first-order valence-electron chi connectivity index (χ1n) is 8.33. The first-order valence-corrected chi connectivity index (χ1v) is 9.21. The Balaban J connectivity index is 1.48. The van der Waals surface area contributed by atoms with Crippen molar-refractivity contribution in [3.63, 3.8) is 0 Å². The second kappa shape index (κ2) is 7.56. The zero-order valence-electron chi connectivity index (χ0n) is 14.1. The van der Waals surface area contributed by atoms with Gasteiger partial charge in [-0.2, -0.15) is 0 Å². The van der Waals surface area contributed by atoms with E-state index in [1.165, 1.54) is 22.4 Å². The van der Waals surface area contributed by atoms with Gasteiger partial charge in [0.1, 0.15) is 0 Å². The minimum Gasteiger partial charge on any atom is -0.444 e. The molecule has 0 saturated carbocycles. The second-order valence-corrected chi connectivity index (χ2v) is 6.85. The number of hydrogen-bond donors (Lipinski definition) is 2. The van der Waals surface area contributed by atoms with Crippen LogP contribution in [0.1, 0.15) is 11.1 Å². The molecule has 4 nitrogen and oxygen atoms in total. The lowest BCUT2D eigenvalue weighted by atomic mass is 10.1. The number of nitrogens with zero attached hydrogens (tertiary/aromatic N) is 1. The minimum atomic E-state index is -0.0534. The first kappa shape index (κ1) is 16.6. The molecule has 2 aromatic heterocycles. The summed E-state index contributed by atoms with van der Waals surface area (Å²) in [5.74, 6) is 0.658. The quantitative estimate of drug-likeness (QED) is 0.496. The summed E-state index contributed by atoms with van der Waals surface area (Å²) in [6, 6.07) is 18.5. The van der Waals surface area contributed by atoms with Gasteiger partial charge in [-0.15, -0.1) is 11.3 Å². The van der Waals surface area contributed by atoms with Crippen LogP contribution < -0.4 is 5.32 Å². The standard InChI is InChI=1S/C21H18N2O2S/c24-12-17-9-18(6-7-19(17)20-11-22-14-25-20)23-10-15-8-21(26-13-15)16-4-2-1-3-5-16/h1-9,11,13-14,23-24H,10,12H2. The Labute approximate surface area is 155 Å². The molecule has 0 amide bonds. The summed E-state index contributed by atoms with van der Waals surface area (Å²) in [5.41, 5.74) is 5.10. The summed E-state index contributed by atoms with van der Waals surface area (Å²) in [4.78, 5) is 5.20. The minimum absolute atomic E-state index is 0.0534. The van der Waals surface area contributed by atoms with E-state index in [2.05, 4.69) is 46.0 Å². The average Bonchev–Trinajstić information content (AvgIpc) is 3.39. The van der Waals surface area contributed by atoms with Gasteiger partial charge in [-0.05, 0) is 46.3 Å². The third-order valence-electron chi connectivity index (χ3n) is 4.18. The molecule has 2 aromatic carbocycles. The lowest BCUT2D eigenvalue weighted by molar-refractivity contribution is 0.282. The molecule has 0 bridgehead atoms. The number of aliphatic hydroxyl groups is 1. The van der Waals surface area contributed by atoms with Crippen molar-refractivity contribution < 1.29 is 9.52 Å². The maximum Gasteiger partial charge on any atom is 0.181 e. The van der Waals surface area contributed by atoms with Gasteiger partial charge in [-0.25, -0.2) is 4.98 Å². The maximum absolute atomic E-state index is 9.67. The van der Waals surface area contributed by atoms with Crippen molar-refractivity contribution >= 4 is 17.0 Å². The van der Waals surface area contributed by atoms with Crippen molar-refractivity contribution in [2.75, 3.05) is 5.32 Å². The molecule has 0 saturated heterocycles. The maximum atomic E-state index is 9.67. The lowest BCUT2D eigenvalue weighted by Gasteiger charge is -2.10. The molecule has 0 atom stereocenters. The molecule has 0 unspecified atom stereocenters. The molecule has 26 heavy (non-hydrogen) atoms. The Kier molecular flexibility index (Phi) is 4.82. The van der Waals surface area contributed by atoms with Gasteiger partial charge in [-0.1, -0.05) is 30.3 Å². The molecule has 0 radical (unpaired) electrons. The van der Waals surface area contributed by atoms with Crippen LogP contribution in [-0.4, -0.2) is 10.1 Å². The topological polar surface area (TPSA) is 58.3 Å². The van der Waals surface area contributed by atoms with Gasteiger partial charge in [-0.3, -0.25) is 0 Å². The van der Waals surface area contributed by atoms with Crippen LogP contribution in [0.15, 0.2) is 77.0 Å². The van der Waals surface area contributed by atoms with Crippen LogP contribution in [0.2, 0.25) is 0 Å². The Morgan fingerprint density at radius 1 is 1.08 bits per heavy atom. The fraction of sp³-hybridized carbons (Fsp3) is 0.0952. The molecule has 0 aliphatic carbocycles. The van der Waals surface area contributed by atoms with Gasteiger partial charge in [0, 0.05) is 22.7 Å².